The molecule has 2 atom stereocenters. The Morgan fingerprint density at radius 1 is 1.43 bits per heavy atom. The summed E-state index contributed by atoms with van der Waals surface area (Å²) in [7, 11) is -3.29. The second-order valence-corrected chi connectivity index (χ2v) is 7.53. The first kappa shape index (κ1) is 17.9. The van der Waals surface area contributed by atoms with Crippen LogP contribution in [0.4, 0.5) is 0 Å². The van der Waals surface area contributed by atoms with Crippen molar-refractivity contribution in [1.29, 1.82) is 0 Å². The topological polar surface area (TPSA) is 104 Å². The number of nitrogens with one attached hydrogen (secondary N) is 1. The second-order valence-electron chi connectivity index (χ2n) is 5.55. The molecule has 8 heteroatoms. The molecule has 0 aromatic rings. The van der Waals surface area contributed by atoms with E-state index in [1.54, 1.807) is 0 Å². The summed E-state index contributed by atoms with van der Waals surface area (Å²) >= 11 is 0. The van der Waals surface area contributed by atoms with E-state index in [9.17, 15) is 18.0 Å². The predicted molar refractivity (Wildman–Crippen MR) is 78.2 cm³/mol. The quantitative estimate of drug-likeness (QED) is 0.707. The lowest BCUT2D eigenvalue weighted by atomic mass is 9.97. The van der Waals surface area contributed by atoms with Crippen LogP contribution in [-0.2, 0) is 19.6 Å². The maximum absolute atomic E-state index is 12.2. The maximum atomic E-state index is 12.2. The predicted octanol–water partition coefficient (Wildman–Crippen LogP) is 0.418. The number of carboxylic acid groups (broad SMARTS) is 1. The van der Waals surface area contributed by atoms with Gasteiger partial charge < -0.3 is 10.4 Å². The van der Waals surface area contributed by atoms with E-state index in [-0.39, 0.29) is 18.9 Å². The highest BCUT2D eigenvalue weighted by atomic mass is 32.2. The fourth-order valence-electron chi connectivity index (χ4n) is 2.56. The number of amides is 1. The Kier molecular flexibility index (Phi) is 6.60. The Morgan fingerprint density at radius 2 is 2.10 bits per heavy atom. The number of hydrogen-bond donors (Lipinski definition) is 2. The summed E-state index contributed by atoms with van der Waals surface area (Å²) < 4.78 is 24.4. The molecule has 0 bridgehead atoms. The third-order valence-electron chi connectivity index (χ3n) is 3.63. The number of piperidine rings is 1. The number of carboxylic acids is 1. The van der Waals surface area contributed by atoms with Gasteiger partial charge >= 0.3 is 5.97 Å². The van der Waals surface area contributed by atoms with Crippen LogP contribution in [0.15, 0.2) is 0 Å². The summed E-state index contributed by atoms with van der Waals surface area (Å²) in [5, 5.41) is 11.6. The molecule has 0 aromatic carbocycles. The highest BCUT2D eigenvalue weighted by Gasteiger charge is 2.31. The number of nitrogens with zero attached hydrogens (tertiary/aromatic N) is 1. The zero-order chi connectivity index (χ0) is 16.0. The summed E-state index contributed by atoms with van der Waals surface area (Å²) in [5.41, 5.74) is 0. The number of rotatable bonds is 7. The van der Waals surface area contributed by atoms with E-state index in [0.717, 1.165) is 12.7 Å². The maximum Gasteiger partial charge on any atom is 0.305 e. The van der Waals surface area contributed by atoms with Crippen molar-refractivity contribution in [2.45, 2.75) is 45.1 Å². The summed E-state index contributed by atoms with van der Waals surface area (Å²) in [6.07, 6.45) is 3.67. The normalized spacial score (nSPS) is 21.7. The van der Waals surface area contributed by atoms with E-state index >= 15 is 0 Å². The molecule has 0 spiro atoms. The van der Waals surface area contributed by atoms with Crippen molar-refractivity contribution in [3.8, 4) is 0 Å². The van der Waals surface area contributed by atoms with Gasteiger partial charge in [0.1, 0.15) is 0 Å². The number of hydrogen-bond acceptors (Lipinski definition) is 4. The van der Waals surface area contributed by atoms with E-state index in [0.29, 0.717) is 25.8 Å². The Hall–Kier alpha value is -1.15. The van der Waals surface area contributed by atoms with Gasteiger partial charge in [-0.3, -0.25) is 9.59 Å². The Morgan fingerprint density at radius 3 is 2.62 bits per heavy atom. The van der Waals surface area contributed by atoms with E-state index < -0.39 is 28.0 Å². The van der Waals surface area contributed by atoms with Crippen molar-refractivity contribution in [3.05, 3.63) is 0 Å². The standard InChI is InChI=1S/C13H24N2O5S/c1-3-5-11(8-12(16)17)14-13(18)10-6-4-7-15(9-10)21(2,19)20/h10-11H,3-9H2,1-2H3,(H,14,18)(H,16,17). The largest absolute Gasteiger partial charge is 0.481 e. The molecule has 1 aliphatic heterocycles. The average Bonchev–Trinajstić information content (AvgIpc) is 2.37. The molecule has 0 aromatic heterocycles. The van der Waals surface area contributed by atoms with Crippen molar-refractivity contribution in [3.63, 3.8) is 0 Å². The van der Waals surface area contributed by atoms with Crippen LogP contribution in [0.2, 0.25) is 0 Å². The van der Waals surface area contributed by atoms with Crippen molar-refractivity contribution in [2.24, 2.45) is 5.92 Å². The molecule has 7 nitrogen and oxygen atoms in total. The molecule has 0 radical (unpaired) electrons. The monoisotopic (exact) mass is 320 g/mol. The number of aliphatic carboxylic acids is 1. The van der Waals surface area contributed by atoms with Crippen LogP contribution in [0.1, 0.15) is 39.0 Å². The molecular formula is C13H24N2O5S. The average molecular weight is 320 g/mol. The Labute approximate surface area is 125 Å². The van der Waals surface area contributed by atoms with Crippen LogP contribution in [-0.4, -0.2) is 55.1 Å². The number of carbonyl (C=O) groups is 2. The van der Waals surface area contributed by atoms with E-state index in [4.69, 9.17) is 5.11 Å². The van der Waals surface area contributed by atoms with Gasteiger partial charge in [-0.25, -0.2) is 12.7 Å². The van der Waals surface area contributed by atoms with E-state index in [2.05, 4.69) is 5.32 Å². The third kappa shape index (κ3) is 6.01. The summed E-state index contributed by atoms with van der Waals surface area (Å²) in [6, 6.07) is -0.395. The Balaban J connectivity index is 2.62. The first-order valence-electron chi connectivity index (χ1n) is 7.21. The van der Waals surface area contributed by atoms with Gasteiger partial charge in [-0.05, 0) is 19.3 Å². The molecule has 1 heterocycles. The van der Waals surface area contributed by atoms with E-state index in [1.165, 1.54) is 4.31 Å². The van der Waals surface area contributed by atoms with Crippen molar-refractivity contribution in [1.82, 2.24) is 9.62 Å². The first-order valence-corrected chi connectivity index (χ1v) is 9.06. The van der Waals surface area contributed by atoms with Crippen molar-refractivity contribution in [2.75, 3.05) is 19.3 Å². The molecule has 122 valence electrons. The smallest absolute Gasteiger partial charge is 0.305 e. The highest BCUT2D eigenvalue weighted by Crippen LogP contribution is 2.19. The fourth-order valence-corrected chi connectivity index (χ4v) is 3.47. The van der Waals surface area contributed by atoms with Gasteiger partial charge in [-0.1, -0.05) is 13.3 Å². The van der Waals surface area contributed by atoms with Gasteiger partial charge in [0, 0.05) is 19.1 Å². The fraction of sp³-hybridized carbons (Fsp3) is 0.846. The minimum Gasteiger partial charge on any atom is -0.481 e. The van der Waals surface area contributed by atoms with Gasteiger partial charge in [0.05, 0.1) is 18.6 Å². The van der Waals surface area contributed by atoms with E-state index in [1.807, 2.05) is 6.92 Å². The highest BCUT2D eigenvalue weighted by molar-refractivity contribution is 7.88. The molecular weight excluding hydrogens is 296 g/mol. The van der Waals surface area contributed by atoms with Gasteiger partial charge in [0.15, 0.2) is 0 Å². The number of carbonyl (C=O) groups excluding carboxylic acids is 1. The molecule has 1 rings (SSSR count). The molecule has 0 aliphatic carbocycles. The second kappa shape index (κ2) is 7.74. The van der Waals surface area contributed by atoms with Crippen molar-refractivity contribution < 1.29 is 23.1 Å². The van der Waals surface area contributed by atoms with Crippen LogP contribution in [0.3, 0.4) is 0 Å². The molecule has 1 aliphatic rings. The van der Waals surface area contributed by atoms with Crippen LogP contribution < -0.4 is 5.32 Å². The minimum absolute atomic E-state index is 0.109. The van der Waals surface area contributed by atoms with Gasteiger partial charge in [-0.15, -0.1) is 0 Å². The third-order valence-corrected chi connectivity index (χ3v) is 4.90. The lowest BCUT2D eigenvalue weighted by molar-refractivity contribution is -0.138. The Bertz CT molecular complexity index is 477. The summed E-state index contributed by atoms with van der Waals surface area (Å²) in [6.45, 7) is 2.54. The van der Waals surface area contributed by atoms with Crippen LogP contribution in [0.25, 0.3) is 0 Å². The summed E-state index contributed by atoms with van der Waals surface area (Å²) in [5.74, 6) is -1.60. The minimum atomic E-state index is -3.29. The van der Waals surface area contributed by atoms with Crippen LogP contribution in [0, 0.1) is 5.92 Å². The van der Waals surface area contributed by atoms with Gasteiger partial charge in [0.2, 0.25) is 15.9 Å². The zero-order valence-electron chi connectivity index (χ0n) is 12.5. The molecule has 1 fully saturated rings. The zero-order valence-corrected chi connectivity index (χ0v) is 13.4. The molecule has 0 saturated carbocycles. The molecule has 21 heavy (non-hydrogen) atoms. The van der Waals surface area contributed by atoms with Crippen molar-refractivity contribution >= 4 is 21.9 Å². The van der Waals surface area contributed by atoms with Crippen LogP contribution >= 0.6 is 0 Å². The lowest BCUT2D eigenvalue weighted by Crippen LogP contribution is -2.47. The molecule has 1 saturated heterocycles. The van der Waals surface area contributed by atoms with Gasteiger partial charge in [0.25, 0.3) is 0 Å². The number of sulfonamides is 1. The lowest BCUT2D eigenvalue weighted by Gasteiger charge is -2.31. The van der Waals surface area contributed by atoms with Gasteiger partial charge in [-0.2, -0.15) is 0 Å². The molecule has 2 N–H and O–H groups in total. The summed E-state index contributed by atoms with van der Waals surface area (Å²) in [4.78, 5) is 23.0. The first-order chi connectivity index (χ1) is 9.74. The van der Waals surface area contributed by atoms with Crippen LogP contribution in [0.5, 0.6) is 0 Å². The SMILES string of the molecule is CCCC(CC(=O)O)NC(=O)C1CCCN(S(C)(=O)=O)C1. The molecule has 2 unspecified atom stereocenters. The molecule has 1 amide bonds.